The topological polar surface area (TPSA) is 107 Å². The van der Waals surface area contributed by atoms with E-state index in [-0.39, 0.29) is 31.4 Å². The second-order valence-electron chi connectivity index (χ2n) is 7.35. The molecular formula is C23H28N2O7. The zero-order valence-corrected chi connectivity index (χ0v) is 18.2. The van der Waals surface area contributed by atoms with Crippen LogP contribution < -0.4 is 19.8 Å². The van der Waals surface area contributed by atoms with Gasteiger partial charge in [-0.2, -0.15) is 9.95 Å². The molecule has 1 heterocycles. The summed E-state index contributed by atoms with van der Waals surface area (Å²) in [7, 11) is 0. The first-order chi connectivity index (χ1) is 15.4. The van der Waals surface area contributed by atoms with E-state index < -0.39 is 6.10 Å². The Kier molecular flexibility index (Phi) is 8.43. The van der Waals surface area contributed by atoms with Crippen LogP contribution in [0.25, 0.3) is 0 Å². The van der Waals surface area contributed by atoms with Gasteiger partial charge in [-0.1, -0.05) is 6.07 Å². The second kappa shape index (κ2) is 11.5. The number of hydroxylamine groups is 2. The van der Waals surface area contributed by atoms with Gasteiger partial charge in [0, 0.05) is 37.6 Å². The largest absolute Gasteiger partial charge is 0.490 e. The highest BCUT2D eigenvalue weighted by Gasteiger charge is 2.17. The number of nitrogens with zero attached hydrogens (tertiary/aromatic N) is 1. The molecule has 2 N–H and O–H groups in total. The van der Waals surface area contributed by atoms with Crippen molar-refractivity contribution in [1.29, 1.82) is 0 Å². The summed E-state index contributed by atoms with van der Waals surface area (Å²) in [6.45, 7) is 4.43. The van der Waals surface area contributed by atoms with Gasteiger partial charge in [0.1, 0.15) is 18.5 Å². The molecule has 0 radical (unpaired) electrons. The van der Waals surface area contributed by atoms with Gasteiger partial charge in [0.05, 0.1) is 13.2 Å². The molecule has 32 heavy (non-hydrogen) atoms. The minimum absolute atomic E-state index is 0.0405. The van der Waals surface area contributed by atoms with Gasteiger partial charge in [0.15, 0.2) is 17.3 Å². The average Bonchev–Trinajstić information content (AvgIpc) is 2.79. The number of ketones is 1. The van der Waals surface area contributed by atoms with Crippen LogP contribution in [-0.4, -0.2) is 60.8 Å². The van der Waals surface area contributed by atoms with Crippen molar-refractivity contribution < 1.29 is 34.0 Å². The van der Waals surface area contributed by atoms with Crippen LogP contribution in [0.2, 0.25) is 0 Å². The van der Waals surface area contributed by atoms with Gasteiger partial charge in [-0.25, -0.2) is 0 Å². The van der Waals surface area contributed by atoms with Crippen molar-refractivity contribution in [1.82, 2.24) is 10.4 Å². The number of rotatable bonds is 11. The van der Waals surface area contributed by atoms with Gasteiger partial charge < -0.3 is 24.9 Å². The second-order valence-corrected chi connectivity index (χ2v) is 7.35. The van der Waals surface area contributed by atoms with E-state index in [0.29, 0.717) is 42.4 Å². The van der Waals surface area contributed by atoms with Gasteiger partial charge in [-0.15, -0.1) is 0 Å². The Labute approximate surface area is 186 Å². The highest BCUT2D eigenvalue weighted by Crippen LogP contribution is 2.31. The van der Waals surface area contributed by atoms with Gasteiger partial charge in [-0.3, -0.25) is 9.59 Å². The van der Waals surface area contributed by atoms with Crippen LogP contribution in [0.4, 0.5) is 0 Å². The molecule has 0 aliphatic carbocycles. The first-order valence-electron chi connectivity index (χ1n) is 10.4. The highest BCUT2D eigenvalue weighted by molar-refractivity contribution is 5.94. The van der Waals surface area contributed by atoms with Crippen LogP contribution in [0.1, 0.15) is 29.8 Å². The quantitative estimate of drug-likeness (QED) is 0.234. The summed E-state index contributed by atoms with van der Waals surface area (Å²) in [5, 5.41) is 14.5. The number of carbonyl (C=O) groups excluding carboxylic acids is 2. The van der Waals surface area contributed by atoms with E-state index in [2.05, 4.69) is 5.32 Å². The zero-order valence-electron chi connectivity index (χ0n) is 18.2. The minimum Gasteiger partial charge on any atom is -0.490 e. The molecular weight excluding hydrogens is 416 g/mol. The molecule has 0 bridgehead atoms. The van der Waals surface area contributed by atoms with Crippen molar-refractivity contribution in [3.63, 3.8) is 0 Å². The number of aliphatic hydroxyl groups is 1. The molecule has 1 aliphatic heterocycles. The standard InChI is InChI=1S/C23H28N2O7/c1-16(26)18-6-8-20(9-7-18)31-25(17(2)27)12-11-24-14-19(28)15-29-22-4-3-5-23-21(22)10-13-30-32-23/h3-9,19,24,28H,10-15H2,1-2H3. The van der Waals surface area contributed by atoms with E-state index in [0.717, 1.165) is 5.56 Å². The number of hydrogen-bond acceptors (Lipinski definition) is 8. The zero-order chi connectivity index (χ0) is 22.9. The van der Waals surface area contributed by atoms with Crippen LogP contribution in [0, 0.1) is 0 Å². The third-order valence-corrected chi connectivity index (χ3v) is 4.80. The lowest BCUT2D eigenvalue weighted by atomic mass is 10.1. The molecule has 1 amide bonds. The number of hydrogen-bond donors (Lipinski definition) is 2. The van der Waals surface area contributed by atoms with Crippen LogP contribution in [0.5, 0.6) is 17.2 Å². The number of nitrogens with one attached hydrogen (secondary N) is 1. The Hall–Kier alpha value is -3.14. The molecule has 9 nitrogen and oxygen atoms in total. The molecule has 9 heteroatoms. The van der Waals surface area contributed by atoms with E-state index in [4.69, 9.17) is 19.3 Å². The van der Waals surface area contributed by atoms with Crippen molar-refractivity contribution in [3.05, 3.63) is 53.6 Å². The van der Waals surface area contributed by atoms with Gasteiger partial charge in [0.25, 0.3) is 5.91 Å². The third kappa shape index (κ3) is 6.68. The molecule has 0 saturated heterocycles. The predicted octanol–water partition coefficient (Wildman–Crippen LogP) is 1.93. The number of fused-ring (bicyclic) bond motifs is 1. The third-order valence-electron chi connectivity index (χ3n) is 4.80. The maximum absolute atomic E-state index is 11.9. The van der Waals surface area contributed by atoms with Crippen LogP contribution in [0.15, 0.2) is 42.5 Å². The van der Waals surface area contributed by atoms with E-state index in [1.165, 1.54) is 18.9 Å². The van der Waals surface area contributed by atoms with Crippen molar-refractivity contribution in [3.8, 4) is 17.2 Å². The SMILES string of the molecule is CC(=O)c1ccc(ON(CCNCC(O)COc2cccc3c2CCOO3)C(C)=O)cc1. The Morgan fingerprint density at radius 1 is 1.19 bits per heavy atom. The van der Waals surface area contributed by atoms with Crippen molar-refractivity contribution in [2.75, 3.05) is 32.8 Å². The fourth-order valence-corrected chi connectivity index (χ4v) is 3.09. The number of Topliss-reactive ketones (excluding diaryl/α,β-unsaturated/α-hetero) is 1. The molecule has 1 aliphatic rings. The lowest BCUT2D eigenvalue weighted by Crippen LogP contribution is -2.40. The molecule has 3 rings (SSSR count). The highest BCUT2D eigenvalue weighted by atomic mass is 17.2. The lowest BCUT2D eigenvalue weighted by Gasteiger charge is -2.22. The summed E-state index contributed by atoms with van der Waals surface area (Å²) >= 11 is 0. The molecule has 2 aromatic rings. The molecule has 1 unspecified atom stereocenters. The number of benzene rings is 2. The van der Waals surface area contributed by atoms with Crippen LogP contribution in [-0.2, 0) is 16.1 Å². The van der Waals surface area contributed by atoms with Crippen molar-refractivity contribution in [2.24, 2.45) is 0 Å². The Bertz CT molecular complexity index is 917. The number of carbonyl (C=O) groups is 2. The molecule has 0 saturated carbocycles. The summed E-state index contributed by atoms with van der Waals surface area (Å²) in [6, 6.07) is 12.0. The molecule has 172 valence electrons. The van der Waals surface area contributed by atoms with E-state index >= 15 is 0 Å². The number of aliphatic hydroxyl groups excluding tert-OH is 1. The van der Waals surface area contributed by atoms with Gasteiger partial charge >= 0.3 is 0 Å². The van der Waals surface area contributed by atoms with E-state index in [9.17, 15) is 14.7 Å². The van der Waals surface area contributed by atoms with Gasteiger partial charge in [-0.05, 0) is 43.3 Å². The van der Waals surface area contributed by atoms with E-state index in [1.54, 1.807) is 36.4 Å². The smallest absolute Gasteiger partial charge is 0.252 e. The minimum atomic E-state index is -0.738. The fraction of sp³-hybridized carbons (Fsp3) is 0.391. The normalized spacial score (nSPS) is 13.5. The van der Waals surface area contributed by atoms with Crippen molar-refractivity contribution >= 4 is 11.7 Å². The van der Waals surface area contributed by atoms with E-state index in [1.807, 2.05) is 6.07 Å². The van der Waals surface area contributed by atoms with Crippen molar-refractivity contribution in [2.45, 2.75) is 26.4 Å². The summed E-state index contributed by atoms with van der Waals surface area (Å²) in [6.07, 6.45) is -0.0597. The lowest BCUT2D eigenvalue weighted by molar-refractivity contribution is -0.215. The summed E-state index contributed by atoms with van der Waals surface area (Å²) in [4.78, 5) is 38.9. The van der Waals surface area contributed by atoms with Gasteiger partial charge in [0.2, 0.25) is 0 Å². The monoisotopic (exact) mass is 444 g/mol. The summed E-state index contributed by atoms with van der Waals surface area (Å²) in [5.74, 6) is 1.45. The molecule has 0 fully saturated rings. The fourth-order valence-electron chi connectivity index (χ4n) is 3.09. The first-order valence-corrected chi connectivity index (χ1v) is 10.4. The molecule has 2 aromatic carbocycles. The van der Waals surface area contributed by atoms with Crippen LogP contribution >= 0.6 is 0 Å². The maximum atomic E-state index is 11.9. The molecule has 0 spiro atoms. The molecule has 0 aromatic heterocycles. The van der Waals surface area contributed by atoms with Crippen LogP contribution in [0.3, 0.4) is 0 Å². The first kappa shape index (κ1) is 23.5. The summed E-state index contributed by atoms with van der Waals surface area (Å²) in [5.41, 5.74) is 1.49. The number of ether oxygens (including phenoxy) is 1. The Morgan fingerprint density at radius 3 is 2.69 bits per heavy atom. The number of amides is 1. The summed E-state index contributed by atoms with van der Waals surface area (Å²) < 4.78 is 5.75. The Balaban J connectivity index is 1.40. The Morgan fingerprint density at radius 2 is 1.97 bits per heavy atom. The average molecular weight is 444 g/mol. The maximum Gasteiger partial charge on any atom is 0.252 e. The predicted molar refractivity (Wildman–Crippen MR) is 116 cm³/mol. The molecule has 1 atom stereocenters.